The van der Waals surface area contributed by atoms with Gasteiger partial charge in [-0.25, -0.2) is 9.18 Å². The molecule has 1 aromatic carbocycles. The third-order valence-electron chi connectivity index (χ3n) is 4.31. The second-order valence-corrected chi connectivity index (χ2v) is 7.89. The van der Waals surface area contributed by atoms with Crippen molar-refractivity contribution in [3.8, 4) is 11.4 Å². The van der Waals surface area contributed by atoms with E-state index in [9.17, 15) is 14.0 Å². The van der Waals surface area contributed by atoms with Crippen LogP contribution >= 0.6 is 0 Å². The van der Waals surface area contributed by atoms with Crippen LogP contribution < -0.4 is 0 Å². The lowest BCUT2D eigenvalue weighted by molar-refractivity contribution is -0.152. The van der Waals surface area contributed by atoms with Crippen molar-refractivity contribution in [1.82, 2.24) is 15.0 Å². The Balaban J connectivity index is 1.53. The molecule has 8 nitrogen and oxygen atoms in total. The van der Waals surface area contributed by atoms with Crippen molar-refractivity contribution in [3.05, 3.63) is 36.0 Å². The highest BCUT2D eigenvalue weighted by molar-refractivity contribution is 5.75. The molecule has 0 aliphatic carbocycles. The molecule has 3 rings (SSSR count). The molecule has 1 aliphatic heterocycles. The van der Waals surface area contributed by atoms with Crippen LogP contribution in [0.25, 0.3) is 11.4 Å². The minimum Gasteiger partial charge on any atom is -0.455 e. The number of amides is 1. The van der Waals surface area contributed by atoms with Gasteiger partial charge in [0.1, 0.15) is 11.4 Å². The van der Waals surface area contributed by atoms with E-state index in [1.165, 1.54) is 29.2 Å². The maximum atomic E-state index is 13.0. The van der Waals surface area contributed by atoms with Crippen molar-refractivity contribution >= 4 is 12.1 Å². The number of likely N-dealkylation sites (tertiary alicyclic amines) is 1. The van der Waals surface area contributed by atoms with Crippen molar-refractivity contribution in [2.24, 2.45) is 5.92 Å². The van der Waals surface area contributed by atoms with Gasteiger partial charge in [-0.2, -0.15) is 4.98 Å². The number of piperidine rings is 1. The Hall–Kier alpha value is -2.97. The SMILES string of the molecule is CC(C)(C)OC(=O)N1CCC[C@@H](C(=O)OCc2nc(-c3ccc(F)cc3)no2)C1. The Kier molecular flexibility index (Phi) is 6.14. The van der Waals surface area contributed by atoms with Gasteiger partial charge in [0.2, 0.25) is 5.82 Å². The zero-order chi connectivity index (χ0) is 21.0. The highest BCUT2D eigenvalue weighted by Gasteiger charge is 2.32. The van der Waals surface area contributed by atoms with Crippen LogP contribution in [0.4, 0.5) is 9.18 Å². The molecule has 0 spiro atoms. The summed E-state index contributed by atoms with van der Waals surface area (Å²) in [6, 6.07) is 5.66. The minimum absolute atomic E-state index is 0.137. The summed E-state index contributed by atoms with van der Waals surface area (Å²) in [5, 5.41) is 3.81. The smallest absolute Gasteiger partial charge is 0.410 e. The number of carbonyl (C=O) groups is 2. The number of hydrogen-bond donors (Lipinski definition) is 0. The quantitative estimate of drug-likeness (QED) is 0.718. The summed E-state index contributed by atoms with van der Waals surface area (Å²) in [4.78, 5) is 30.3. The van der Waals surface area contributed by atoms with E-state index in [0.29, 0.717) is 24.9 Å². The second-order valence-electron chi connectivity index (χ2n) is 7.89. The Labute approximate surface area is 168 Å². The Bertz CT molecular complexity index is 860. The summed E-state index contributed by atoms with van der Waals surface area (Å²) >= 11 is 0. The molecule has 2 aromatic rings. The molecule has 1 fully saturated rings. The second kappa shape index (κ2) is 8.59. The molecule has 0 N–H and O–H groups in total. The van der Waals surface area contributed by atoms with Gasteiger partial charge in [-0.05, 0) is 57.9 Å². The lowest BCUT2D eigenvalue weighted by Gasteiger charge is -2.33. The fourth-order valence-electron chi connectivity index (χ4n) is 2.94. The summed E-state index contributed by atoms with van der Waals surface area (Å²) in [5.41, 5.74) is -0.00179. The molecule has 0 unspecified atom stereocenters. The molecular weight excluding hydrogens is 381 g/mol. The fraction of sp³-hybridized carbons (Fsp3) is 0.500. The predicted octanol–water partition coefficient (Wildman–Crippen LogP) is 3.57. The van der Waals surface area contributed by atoms with Gasteiger partial charge in [0.15, 0.2) is 6.61 Å². The zero-order valence-corrected chi connectivity index (χ0v) is 16.7. The van der Waals surface area contributed by atoms with Crippen LogP contribution in [0.2, 0.25) is 0 Å². The number of carbonyl (C=O) groups excluding carboxylic acids is 2. The van der Waals surface area contributed by atoms with Gasteiger partial charge < -0.3 is 18.9 Å². The third kappa shape index (κ3) is 5.75. The molecule has 9 heteroatoms. The summed E-state index contributed by atoms with van der Waals surface area (Å²) < 4.78 is 28.7. The van der Waals surface area contributed by atoms with E-state index in [1.54, 1.807) is 20.8 Å². The van der Waals surface area contributed by atoms with Crippen LogP contribution in [0.3, 0.4) is 0 Å². The summed E-state index contributed by atoms with van der Waals surface area (Å²) in [5.74, 6) is -0.808. The van der Waals surface area contributed by atoms with E-state index in [1.807, 2.05) is 0 Å². The molecule has 156 valence electrons. The zero-order valence-electron chi connectivity index (χ0n) is 16.7. The van der Waals surface area contributed by atoms with Gasteiger partial charge in [-0.3, -0.25) is 4.79 Å². The van der Waals surface area contributed by atoms with E-state index in [0.717, 1.165) is 0 Å². The number of hydrogen-bond acceptors (Lipinski definition) is 7. The Morgan fingerprint density at radius 1 is 1.28 bits per heavy atom. The van der Waals surface area contributed by atoms with Gasteiger partial charge >= 0.3 is 12.1 Å². The highest BCUT2D eigenvalue weighted by atomic mass is 19.1. The summed E-state index contributed by atoms with van der Waals surface area (Å²) in [7, 11) is 0. The molecule has 1 aliphatic rings. The first kappa shape index (κ1) is 20.8. The lowest BCUT2D eigenvalue weighted by atomic mass is 9.98. The first-order valence-electron chi connectivity index (χ1n) is 9.44. The first-order valence-corrected chi connectivity index (χ1v) is 9.44. The number of rotatable bonds is 4. The van der Waals surface area contributed by atoms with Crippen LogP contribution in [0.5, 0.6) is 0 Å². The molecular formula is C20H24FN3O5. The van der Waals surface area contributed by atoms with Crippen molar-refractivity contribution in [3.63, 3.8) is 0 Å². The van der Waals surface area contributed by atoms with E-state index >= 15 is 0 Å². The van der Waals surface area contributed by atoms with Crippen LogP contribution in [-0.4, -0.2) is 45.8 Å². The van der Waals surface area contributed by atoms with Crippen molar-refractivity contribution in [2.75, 3.05) is 13.1 Å². The van der Waals surface area contributed by atoms with Crippen LogP contribution in [0.1, 0.15) is 39.5 Å². The van der Waals surface area contributed by atoms with E-state index < -0.39 is 23.6 Å². The largest absolute Gasteiger partial charge is 0.455 e. The van der Waals surface area contributed by atoms with Crippen LogP contribution in [-0.2, 0) is 20.9 Å². The molecule has 1 saturated heterocycles. The lowest BCUT2D eigenvalue weighted by Crippen LogP contribution is -2.45. The van der Waals surface area contributed by atoms with Gasteiger partial charge in [0.25, 0.3) is 5.89 Å². The summed E-state index contributed by atoms with van der Waals surface area (Å²) in [6.45, 7) is 6.01. The topological polar surface area (TPSA) is 94.8 Å². The van der Waals surface area contributed by atoms with Crippen molar-refractivity contribution in [1.29, 1.82) is 0 Å². The fourth-order valence-corrected chi connectivity index (χ4v) is 2.94. The molecule has 29 heavy (non-hydrogen) atoms. The number of aromatic nitrogens is 2. The maximum Gasteiger partial charge on any atom is 0.410 e. The van der Waals surface area contributed by atoms with Crippen molar-refractivity contribution < 1.29 is 28.0 Å². The number of benzene rings is 1. The Morgan fingerprint density at radius 2 is 2.00 bits per heavy atom. The third-order valence-corrected chi connectivity index (χ3v) is 4.31. The molecule has 0 saturated carbocycles. The molecule has 0 radical (unpaired) electrons. The Morgan fingerprint density at radius 3 is 2.69 bits per heavy atom. The number of nitrogens with zero attached hydrogens (tertiary/aromatic N) is 3. The van der Waals surface area contributed by atoms with Gasteiger partial charge in [-0.15, -0.1) is 0 Å². The van der Waals surface area contributed by atoms with E-state index in [4.69, 9.17) is 14.0 Å². The van der Waals surface area contributed by atoms with Gasteiger partial charge in [0.05, 0.1) is 5.92 Å². The summed E-state index contributed by atoms with van der Waals surface area (Å²) in [6.07, 6.45) is 0.882. The average Bonchev–Trinajstić information content (AvgIpc) is 3.14. The number of halogens is 1. The number of ether oxygens (including phenoxy) is 2. The maximum absolute atomic E-state index is 13.0. The van der Waals surface area contributed by atoms with E-state index in [2.05, 4.69) is 10.1 Å². The van der Waals surface area contributed by atoms with Gasteiger partial charge in [0, 0.05) is 18.7 Å². The molecule has 1 aromatic heterocycles. The van der Waals surface area contributed by atoms with Gasteiger partial charge in [-0.1, -0.05) is 5.16 Å². The monoisotopic (exact) mass is 405 g/mol. The van der Waals surface area contributed by atoms with Crippen LogP contribution in [0.15, 0.2) is 28.8 Å². The highest BCUT2D eigenvalue weighted by Crippen LogP contribution is 2.21. The molecule has 1 atom stereocenters. The first-order chi connectivity index (χ1) is 13.7. The van der Waals surface area contributed by atoms with Crippen LogP contribution in [0, 0.1) is 11.7 Å². The molecule has 2 heterocycles. The predicted molar refractivity (Wildman–Crippen MR) is 100 cm³/mol. The molecule has 1 amide bonds. The minimum atomic E-state index is -0.593. The van der Waals surface area contributed by atoms with E-state index in [-0.39, 0.29) is 30.7 Å². The normalized spacial score (nSPS) is 17.1. The van der Waals surface area contributed by atoms with Crippen molar-refractivity contribution in [2.45, 2.75) is 45.8 Å². The molecule has 0 bridgehead atoms. The average molecular weight is 405 g/mol. The number of esters is 1. The standard InChI is InChI=1S/C20H24FN3O5/c1-20(2,3)28-19(26)24-10-4-5-14(11-24)18(25)27-12-16-22-17(23-29-16)13-6-8-15(21)9-7-13/h6-9,14H,4-5,10-12H2,1-3H3/t14-/m1/s1.